The summed E-state index contributed by atoms with van der Waals surface area (Å²) in [6.45, 7) is 6.07. The van der Waals surface area contributed by atoms with Gasteiger partial charge in [-0.05, 0) is 122 Å². The molecule has 0 saturated heterocycles. The lowest BCUT2D eigenvalue weighted by atomic mass is 10.1. The lowest BCUT2D eigenvalue weighted by Crippen LogP contribution is -2.30. The smallest absolute Gasteiger partial charge is 0.310 e. The molecular weight excluding hydrogens is 901 g/mol. The zero-order chi connectivity index (χ0) is 52.9. The van der Waals surface area contributed by atoms with Crippen molar-refractivity contribution in [1.82, 2.24) is 0 Å². The van der Waals surface area contributed by atoms with E-state index in [1.165, 1.54) is 6.42 Å². The molecule has 1 atom stereocenters. The molecule has 0 aliphatic rings. The number of carbonyl (C=O) groups excluding carboxylic acids is 3. The molecule has 0 radical (unpaired) electrons. The van der Waals surface area contributed by atoms with Crippen LogP contribution in [0.25, 0.3) is 0 Å². The minimum atomic E-state index is -0.891. The highest BCUT2D eigenvalue weighted by Crippen LogP contribution is 2.11. The Morgan fingerprint density at radius 1 is 0.288 bits per heavy atom. The van der Waals surface area contributed by atoms with Crippen LogP contribution < -0.4 is 0 Å². The molecule has 6 heteroatoms. The molecular formula is C67H98O6. The summed E-state index contributed by atoms with van der Waals surface area (Å²) in [4.78, 5) is 38.0. The number of esters is 3. The molecule has 402 valence electrons. The number of ether oxygens (including phenoxy) is 3. The Morgan fingerprint density at radius 2 is 0.548 bits per heavy atom. The van der Waals surface area contributed by atoms with Crippen molar-refractivity contribution in [3.8, 4) is 0 Å². The molecule has 0 aromatic heterocycles. The van der Waals surface area contributed by atoms with E-state index < -0.39 is 18.0 Å². The van der Waals surface area contributed by atoms with E-state index in [-0.39, 0.29) is 32.0 Å². The number of unbranched alkanes of at least 4 members (excludes halogenated alkanes) is 6. The maximum atomic E-state index is 12.8. The molecule has 0 aliphatic carbocycles. The largest absolute Gasteiger partial charge is 0.462 e. The van der Waals surface area contributed by atoms with Crippen molar-refractivity contribution in [1.29, 1.82) is 0 Å². The summed E-state index contributed by atoms with van der Waals surface area (Å²) >= 11 is 0. The van der Waals surface area contributed by atoms with E-state index in [4.69, 9.17) is 14.2 Å². The van der Waals surface area contributed by atoms with Gasteiger partial charge in [0.1, 0.15) is 13.2 Å². The highest BCUT2D eigenvalue weighted by molar-refractivity contribution is 5.72. The number of allylic oxidation sites excluding steroid dienone is 30. The fourth-order valence-electron chi connectivity index (χ4n) is 6.59. The van der Waals surface area contributed by atoms with Gasteiger partial charge in [-0.15, -0.1) is 0 Å². The van der Waals surface area contributed by atoms with Crippen molar-refractivity contribution in [3.05, 3.63) is 194 Å². The molecule has 0 amide bonds. The van der Waals surface area contributed by atoms with Crippen molar-refractivity contribution >= 4 is 17.9 Å². The molecule has 0 fully saturated rings. The standard InChI is InChI=1S/C67H98O6/c1-4-7-10-13-16-19-22-25-28-29-30-31-32-33-34-35-36-37-40-42-45-48-51-54-57-60-66(69)72-63-64(73-67(70)61-58-55-52-49-46-43-39-27-24-21-18-15-12-9-6-3)62-71-65(68)59-56-53-50-47-44-41-38-26-23-20-17-14-11-8-5-2/h7-12,16-21,25-28,30-31,33-34,36-39,44,46-47,49,53,55-56,58,64H,4-6,13-15,22-24,29,32,35,40-43,45,48,50-52,54,57,59-63H2,1-3H3/b10-7-,11-8-,12-9-,19-16-,20-17-,21-18-,28-25-,31-30-,34-33-,37-36-,38-26-,39-27-,47-44-,49-46-,56-53-,58-55-. The molecule has 73 heavy (non-hydrogen) atoms. The van der Waals surface area contributed by atoms with E-state index in [0.29, 0.717) is 19.3 Å². The Labute approximate surface area is 446 Å². The highest BCUT2D eigenvalue weighted by atomic mass is 16.6. The second kappa shape index (κ2) is 58.8. The first kappa shape index (κ1) is 67.2. The van der Waals surface area contributed by atoms with Crippen LogP contribution in [-0.2, 0) is 28.6 Å². The van der Waals surface area contributed by atoms with Gasteiger partial charge in [-0.1, -0.05) is 241 Å². The Kier molecular flexibility index (Phi) is 54.2. The van der Waals surface area contributed by atoms with Crippen LogP contribution in [0.5, 0.6) is 0 Å². The Bertz CT molecular complexity index is 1810. The van der Waals surface area contributed by atoms with Crippen LogP contribution in [0.2, 0.25) is 0 Å². The van der Waals surface area contributed by atoms with Gasteiger partial charge in [-0.3, -0.25) is 14.4 Å². The number of rotatable bonds is 47. The zero-order valence-electron chi connectivity index (χ0n) is 45.8. The minimum Gasteiger partial charge on any atom is -0.462 e. The SMILES string of the molecule is CC/C=C\C/C=C\C/C=C\C/C=C\C/C=C\C/C=C\CCCCCCCCC(=O)OCC(COC(=O)C/C=C\C/C=C\C/C=C\C/C=C\C/C=C\CC)OC(=O)C/C=C\C/C=C\C/C=C\C/C=C\C/C=C\CC. The van der Waals surface area contributed by atoms with Crippen LogP contribution in [0.15, 0.2) is 194 Å². The van der Waals surface area contributed by atoms with Gasteiger partial charge >= 0.3 is 17.9 Å². The molecule has 0 aliphatic heterocycles. The molecule has 0 rings (SSSR count). The number of carbonyl (C=O) groups is 3. The molecule has 0 aromatic carbocycles. The average molecular weight is 1000 g/mol. The topological polar surface area (TPSA) is 78.9 Å². The van der Waals surface area contributed by atoms with Crippen molar-refractivity contribution in [2.45, 2.75) is 194 Å². The van der Waals surface area contributed by atoms with Crippen LogP contribution in [0.3, 0.4) is 0 Å². The minimum absolute atomic E-state index is 0.0628. The third-order valence-electron chi connectivity index (χ3n) is 10.6. The van der Waals surface area contributed by atoms with Gasteiger partial charge < -0.3 is 14.2 Å². The Hall–Kier alpha value is -5.75. The van der Waals surface area contributed by atoms with Crippen LogP contribution >= 0.6 is 0 Å². The first-order valence-corrected chi connectivity index (χ1v) is 27.9. The molecule has 0 N–H and O–H groups in total. The lowest BCUT2D eigenvalue weighted by Gasteiger charge is -2.17. The molecule has 0 bridgehead atoms. The predicted molar refractivity (Wildman–Crippen MR) is 315 cm³/mol. The molecule has 0 aromatic rings. The number of hydrogen-bond acceptors (Lipinski definition) is 6. The summed E-state index contributed by atoms with van der Waals surface area (Å²) in [7, 11) is 0. The van der Waals surface area contributed by atoms with Gasteiger partial charge in [-0.2, -0.15) is 0 Å². The van der Waals surface area contributed by atoms with E-state index in [0.717, 1.165) is 128 Å². The second-order valence-corrected chi connectivity index (χ2v) is 17.4. The van der Waals surface area contributed by atoms with Crippen molar-refractivity contribution in [3.63, 3.8) is 0 Å². The molecule has 6 nitrogen and oxygen atoms in total. The second-order valence-electron chi connectivity index (χ2n) is 17.4. The third-order valence-corrected chi connectivity index (χ3v) is 10.6. The Balaban J connectivity index is 4.60. The van der Waals surface area contributed by atoms with E-state index in [2.05, 4.69) is 191 Å². The fraction of sp³-hybridized carbons (Fsp3) is 0.478. The first-order chi connectivity index (χ1) is 36.0. The van der Waals surface area contributed by atoms with E-state index >= 15 is 0 Å². The normalized spacial score (nSPS) is 13.6. The summed E-state index contributed by atoms with van der Waals surface area (Å²) in [5.74, 6) is -1.26. The summed E-state index contributed by atoms with van der Waals surface area (Å²) in [6, 6.07) is 0. The first-order valence-electron chi connectivity index (χ1n) is 27.9. The quantitative estimate of drug-likeness (QED) is 0.0262. The molecule has 0 spiro atoms. The van der Waals surface area contributed by atoms with Crippen LogP contribution in [0.4, 0.5) is 0 Å². The number of hydrogen-bond donors (Lipinski definition) is 0. The third kappa shape index (κ3) is 57.0. The summed E-state index contributed by atoms with van der Waals surface area (Å²) in [5.41, 5.74) is 0. The molecule has 0 saturated carbocycles. The van der Waals surface area contributed by atoms with E-state index in [1.54, 1.807) is 12.2 Å². The fourth-order valence-corrected chi connectivity index (χ4v) is 6.59. The molecule has 1 unspecified atom stereocenters. The van der Waals surface area contributed by atoms with Gasteiger partial charge in [0, 0.05) is 6.42 Å². The summed E-state index contributed by atoms with van der Waals surface area (Å²) in [6.07, 6.45) is 90.4. The van der Waals surface area contributed by atoms with Gasteiger partial charge in [0.15, 0.2) is 6.10 Å². The maximum absolute atomic E-state index is 12.8. The monoisotopic (exact) mass is 999 g/mol. The lowest BCUT2D eigenvalue weighted by molar-refractivity contribution is -0.166. The van der Waals surface area contributed by atoms with Crippen LogP contribution in [0.1, 0.15) is 188 Å². The van der Waals surface area contributed by atoms with Crippen molar-refractivity contribution in [2.75, 3.05) is 13.2 Å². The van der Waals surface area contributed by atoms with Crippen LogP contribution in [-0.4, -0.2) is 37.2 Å². The predicted octanol–water partition coefficient (Wildman–Crippen LogP) is 19.1. The summed E-state index contributed by atoms with van der Waals surface area (Å²) < 4.78 is 16.6. The Morgan fingerprint density at radius 3 is 0.890 bits per heavy atom. The van der Waals surface area contributed by atoms with Gasteiger partial charge in [0.2, 0.25) is 0 Å². The van der Waals surface area contributed by atoms with Gasteiger partial charge in [0.05, 0.1) is 12.8 Å². The van der Waals surface area contributed by atoms with E-state index in [1.807, 2.05) is 12.2 Å². The van der Waals surface area contributed by atoms with E-state index in [9.17, 15) is 14.4 Å². The highest BCUT2D eigenvalue weighted by Gasteiger charge is 2.19. The van der Waals surface area contributed by atoms with Gasteiger partial charge in [0.25, 0.3) is 0 Å². The molecule has 0 heterocycles. The zero-order valence-corrected chi connectivity index (χ0v) is 45.8. The van der Waals surface area contributed by atoms with Crippen molar-refractivity contribution < 1.29 is 28.6 Å². The average Bonchev–Trinajstić information content (AvgIpc) is 3.39. The van der Waals surface area contributed by atoms with Gasteiger partial charge in [-0.25, -0.2) is 0 Å². The summed E-state index contributed by atoms with van der Waals surface area (Å²) in [5, 5.41) is 0. The van der Waals surface area contributed by atoms with Crippen molar-refractivity contribution in [2.24, 2.45) is 0 Å². The maximum Gasteiger partial charge on any atom is 0.310 e. The van der Waals surface area contributed by atoms with Crippen LogP contribution in [0, 0.1) is 0 Å².